The van der Waals surface area contributed by atoms with E-state index in [2.05, 4.69) is 0 Å². The fourth-order valence-electron chi connectivity index (χ4n) is 3.21. The third-order valence-corrected chi connectivity index (χ3v) is 6.42. The molecule has 1 aliphatic heterocycles. The first-order chi connectivity index (χ1) is 10.9. The van der Waals surface area contributed by atoms with Crippen LogP contribution in [0.2, 0.25) is 0 Å². The molecule has 0 bridgehead atoms. The Balaban J connectivity index is 0.00000208. The highest BCUT2D eigenvalue weighted by molar-refractivity contribution is 7.89. The van der Waals surface area contributed by atoms with E-state index in [9.17, 15) is 13.2 Å². The summed E-state index contributed by atoms with van der Waals surface area (Å²) >= 11 is 0. The molecule has 1 aliphatic rings. The van der Waals surface area contributed by atoms with Gasteiger partial charge in [-0.3, -0.25) is 0 Å². The van der Waals surface area contributed by atoms with E-state index in [-0.39, 0.29) is 29.3 Å². The van der Waals surface area contributed by atoms with Gasteiger partial charge >= 0.3 is 5.63 Å². The fourth-order valence-corrected chi connectivity index (χ4v) is 5.01. The van der Waals surface area contributed by atoms with Crippen molar-refractivity contribution in [3.05, 3.63) is 40.8 Å². The summed E-state index contributed by atoms with van der Waals surface area (Å²) in [6.45, 7) is 2.83. The maximum Gasteiger partial charge on any atom is 0.336 e. The van der Waals surface area contributed by atoms with Crippen LogP contribution in [0.1, 0.15) is 19.8 Å². The number of nitrogens with zero attached hydrogens (tertiary/aromatic N) is 1. The van der Waals surface area contributed by atoms with Gasteiger partial charge in [0.25, 0.3) is 0 Å². The number of halogens is 1. The molecule has 1 saturated heterocycles. The normalized spacial score (nSPS) is 22.2. The molecule has 2 heterocycles. The summed E-state index contributed by atoms with van der Waals surface area (Å²) in [4.78, 5) is 11.4. The van der Waals surface area contributed by atoms with Gasteiger partial charge in [-0.15, -0.1) is 12.4 Å². The van der Waals surface area contributed by atoms with E-state index >= 15 is 0 Å². The Labute approximate surface area is 147 Å². The smallest absolute Gasteiger partial charge is 0.336 e. The SMILES string of the molecule is CC1CCCN(S(=O)(=O)c2ccc3oc(=O)ccc3c2)C1CN.Cl. The summed E-state index contributed by atoms with van der Waals surface area (Å²) in [5.74, 6) is 0.238. The third kappa shape index (κ3) is 3.35. The van der Waals surface area contributed by atoms with Crippen molar-refractivity contribution in [3.8, 4) is 0 Å². The number of hydrogen-bond donors (Lipinski definition) is 1. The molecular formula is C16H21ClN2O4S. The topological polar surface area (TPSA) is 93.6 Å². The lowest BCUT2D eigenvalue weighted by molar-refractivity contribution is 0.192. The molecule has 2 N–H and O–H groups in total. The summed E-state index contributed by atoms with van der Waals surface area (Å²) in [6, 6.07) is 7.21. The lowest BCUT2D eigenvalue weighted by Gasteiger charge is -2.38. The molecule has 1 aromatic heterocycles. The zero-order chi connectivity index (χ0) is 16.6. The van der Waals surface area contributed by atoms with Crippen molar-refractivity contribution in [2.24, 2.45) is 11.7 Å². The molecule has 2 aromatic rings. The zero-order valence-corrected chi connectivity index (χ0v) is 15.0. The molecule has 0 spiro atoms. The van der Waals surface area contributed by atoms with E-state index in [1.165, 1.54) is 22.5 Å². The first kappa shape index (κ1) is 18.9. The Kier molecular flexibility index (Phi) is 5.70. The number of piperidine rings is 1. The van der Waals surface area contributed by atoms with Crippen LogP contribution >= 0.6 is 12.4 Å². The van der Waals surface area contributed by atoms with Gasteiger partial charge in [-0.2, -0.15) is 4.31 Å². The van der Waals surface area contributed by atoms with Gasteiger partial charge in [0.05, 0.1) is 4.90 Å². The molecule has 0 saturated carbocycles. The van der Waals surface area contributed by atoms with Crippen molar-refractivity contribution in [3.63, 3.8) is 0 Å². The first-order valence-electron chi connectivity index (χ1n) is 7.69. The first-order valence-corrected chi connectivity index (χ1v) is 9.13. The number of benzene rings is 1. The van der Waals surface area contributed by atoms with Crippen LogP contribution in [-0.2, 0) is 10.0 Å². The van der Waals surface area contributed by atoms with Gasteiger partial charge in [-0.05, 0) is 43.0 Å². The number of fused-ring (bicyclic) bond motifs is 1. The summed E-state index contributed by atoms with van der Waals surface area (Å²) in [5, 5.41) is 0.583. The summed E-state index contributed by atoms with van der Waals surface area (Å²) in [6.07, 6.45) is 1.82. The maximum atomic E-state index is 13.0. The lowest BCUT2D eigenvalue weighted by Crippen LogP contribution is -2.51. The molecule has 3 rings (SSSR count). The van der Waals surface area contributed by atoms with Crippen LogP contribution in [-0.4, -0.2) is 31.9 Å². The molecule has 0 radical (unpaired) electrons. The minimum Gasteiger partial charge on any atom is -0.423 e. The van der Waals surface area contributed by atoms with E-state index in [1.54, 1.807) is 12.1 Å². The van der Waals surface area contributed by atoms with Gasteiger partial charge in [0.1, 0.15) is 5.58 Å². The van der Waals surface area contributed by atoms with Gasteiger partial charge < -0.3 is 10.2 Å². The Morgan fingerprint density at radius 3 is 2.75 bits per heavy atom. The highest BCUT2D eigenvalue weighted by Gasteiger charge is 2.36. The lowest BCUT2D eigenvalue weighted by atomic mass is 9.93. The minimum atomic E-state index is -3.62. The molecule has 0 aliphatic carbocycles. The van der Waals surface area contributed by atoms with Crippen LogP contribution in [0.25, 0.3) is 11.0 Å². The molecule has 132 valence electrons. The minimum absolute atomic E-state index is 0. The quantitative estimate of drug-likeness (QED) is 0.831. The van der Waals surface area contributed by atoms with Crippen molar-refractivity contribution < 1.29 is 12.8 Å². The largest absolute Gasteiger partial charge is 0.423 e. The third-order valence-electron chi connectivity index (χ3n) is 4.50. The average molecular weight is 373 g/mol. The second-order valence-electron chi connectivity index (χ2n) is 5.99. The highest BCUT2D eigenvalue weighted by atomic mass is 35.5. The second-order valence-corrected chi connectivity index (χ2v) is 7.88. The predicted octanol–water partition coefficient (Wildman–Crippen LogP) is 1.96. The van der Waals surface area contributed by atoms with Gasteiger partial charge in [0.2, 0.25) is 10.0 Å². The van der Waals surface area contributed by atoms with Gasteiger partial charge in [-0.1, -0.05) is 6.92 Å². The molecule has 1 fully saturated rings. The Bertz CT molecular complexity index is 881. The van der Waals surface area contributed by atoms with Crippen molar-refractivity contribution in [1.82, 2.24) is 4.31 Å². The maximum absolute atomic E-state index is 13.0. The Morgan fingerprint density at radius 1 is 1.29 bits per heavy atom. The van der Waals surface area contributed by atoms with Crippen LogP contribution < -0.4 is 11.4 Å². The predicted molar refractivity (Wildman–Crippen MR) is 94.9 cm³/mol. The standard InChI is InChI=1S/C16H20N2O4S.ClH/c1-11-3-2-8-18(14(11)10-17)23(20,21)13-5-6-15-12(9-13)4-7-16(19)22-15;/h4-7,9,11,14H,2-3,8,10,17H2,1H3;1H. The molecule has 24 heavy (non-hydrogen) atoms. The second kappa shape index (κ2) is 7.23. The fraction of sp³-hybridized carbons (Fsp3) is 0.438. The van der Waals surface area contributed by atoms with E-state index in [1.807, 2.05) is 6.92 Å². The number of hydrogen-bond acceptors (Lipinski definition) is 5. The van der Waals surface area contributed by atoms with E-state index in [4.69, 9.17) is 10.2 Å². The zero-order valence-electron chi connectivity index (χ0n) is 13.3. The highest BCUT2D eigenvalue weighted by Crippen LogP contribution is 2.29. The number of nitrogens with two attached hydrogens (primary N) is 1. The van der Waals surface area contributed by atoms with Crippen LogP contribution in [0.15, 0.2) is 44.4 Å². The van der Waals surface area contributed by atoms with Gasteiger partial charge in [0.15, 0.2) is 0 Å². The van der Waals surface area contributed by atoms with E-state index < -0.39 is 15.6 Å². The molecule has 2 atom stereocenters. The van der Waals surface area contributed by atoms with Crippen LogP contribution in [0.5, 0.6) is 0 Å². The van der Waals surface area contributed by atoms with Crippen LogP contribution in [0.3, 0.4) is 0 Å². The van der Waals surface area contributed by atoms with Crippen molar-refractivity contribution in [1.29, 1.82) is 0 Å². The number of rotatable bonds is 3. The molecule has 1 aromatic carbocycles. The van der Waals surface area contributed by atoms with Crippen molar-refractivity contribution in [2.45, 2.75) is 30.7 Å². The summed E-state index contributed by atoms with van der Waals surface area (Å²) < 4.78 is 32.5. The molecule has 6 nitrogen and oxygen atoms in total. The van der Waals surface area contributed by atoms with Gasteiger partial charge in [-0.25, -0.2) is 13.2 Å². The van der Waals surface area contributed by atoms with E-state index in [0.717, 1.165) is 12.8 Å². The summed E-state index contributed by atoms with van der Waals surface area (Å²) in [5.41, 5.74) is 5.73. The number of sulfonamides is 1. The molecular weight excluding hydrogens is 352 g/mol. The average Bonchev–Trinajstić information content (AvgIpc) is 2.54. The van der Waals surface area contributed by atoms with Crippen LogP contribution in [0, 0.1) is 5.92 Å². The van der Waals surface area contributed by atoms with Crippen molar-refractivity contribution >= 4 is 33.4 Å². The Morgan fingerprint density at radius 2 is 2.04 bits per heavy atom. The monoisotopic (exact) mass is 372 g/mol. The van der Waals surface area contributed by atoms with Gasteiger partial charge in [0, 0.05) is 30.6 Å². The van der Waals surface area contributed by atoms with Crippen molar-refractivity contribution in [2.75, 3.05) is 13.1 Å². The molecule has 8 heteroatoms. The van der Waals surface area contributed by atoms with E-state index in [0.29, 0.717) is 24.1 Å². The Hall–Kier alpha value is -1.41. The summed E-state index contributed by atoms with van der Waals surface area (Å²) in [7, 11) is -3.62. The van der Waals surface area contributed by atoms with Crippen LogP contribution in [0.4, 0.5) is 0 Å². The molecule has 2 unspecified atom stereocenters. The molecule has 0 amide bonds.